The van der Waals surface area contributed by atoms with Crippen LogP contribution < -0.4 is 5.32 Å². The van der Waals surface area contributed by atoms with Gasteiger partial charge in [-0.25, -0.2) is 4.98 Å². The molecule has 2 aromatic rings. The van der Waals surface area contributed by atoms with Crippen molar-refractivity contribution in [3.63, 3.8) is 0 Å². The first-order valence-electron chi connectivity index (χ1n) is 7.35. The van der Waals surface area contributed by atoms with Gasteiger partial charge in [0.1, 0.15) is 4.88 Å². The maximum absolute atomic E-state index is 12.4. The molecule has 0 aliphatic carbocycles. The monoisotopic (exact) mass is 331 g/mol. The number of nitrogens with one attached hydrogen (secondary N) is 1. The van der Waals surface area contributed by atoms with Crippen LogP contribution in [0, 0.1) is 27.7 Å². The SMILES string of the molecule is Cc1nc(C)c(C(=O)N(C)CC(=O)Nc2c(C)cccc2C)s1. The number of anilines is 1. The van der Waals surface area contributed by atoms with Crippen LogP contribution in [0.1, 0.15) is 31.5 Å². The van der Waals surface area contributed by atoms with E-state index in [9.17, 15) is 9.59 Å². The lowest BCUT2D eigenvalue weighted by molar-refractivity contribution is -0.116. The maximum Gasteiger partial charge on any atom is 0.266 e. The summed E-state index contributed by atoms with van der Waals surface area (Å²) in [7, 11) is 1.63. The van der Waals surface area contributed by atoms with Crippen LogP contribution in [0.15, 0.2) is 18.2 Å². The minimum Gasteiger partial charge on any atom is -0.332 e. The fourth-order valence-electron chi connectivity index (χ4n) is 2.38. The molecule has 1 heterocycles. The minimum atomic E-state index is -0.211. The zero-order chi connectivity index (χ0) is 17.1. The van der Waals surface area contributed by atoms with Gasteiger partial charge >= 0.3 is 0 Å². The number of nitrogens with zero attached hydrogens (tertiary/aromatic N) is 2. The van der Waals surface area contributed by atoms with E-state index in [1.54, 1.807) is 14.0 Å². The van der Waals surface area contributed by atoms with Crippen molar-refractivity contribution in [2.24, 2.45) is 0 Å². The zero-order valence-corrected chi connectivity index (χ0v) is 14.9. The van der Waals surface area contributed by atoms with Crippen molar-refractivity contribution in [3.8, 4) is 0 Å². The summed E-state index contributed by atoms with van der Waals surface area (Å²) in [4.78, 5) is 30.9. The molecule has 0 radical (unpaired) electrons. The molecule has 0 aliphatic rings. The second kappa shape index (κ2) is 6.91. The predicted octanol–water partition coefficient (Wildman–Crippen LogP) is 3.09. The van der Waals surface area contributed by atoms with Gasteiger partial charge in [-0.15, -0.1) is 11.3 Å². The van der Waals surface area contributed by atoms with Crippen molar-refractivity contribution in [2.45, 2.75) is 27.7 Å². The number of likely N-dealkylation sites (N-methyl/N-ethyl adjacent to an activating group) is 1. The molecule has 6 heteroatoms. The van der Waals surface area contributed by atoms with Crippen LogP contribution in [0.5, 0.6) is 0 Å². The molecule has 0 atom stereocenters. The topological polar surface area (TPSA) is 62.3 Å². The van der Waals surface area contributed by atoms with Crippen molar-refractivity contribution < 1.29 is 9.59 Å². The van der Waals surface area contributed by atoms with Crippen molar-refractivity contribution in [3.05, 3.63) is 44.9 Å². The van der Waals surface area contributed by atoms with Crippen molar-refractivity contribution in [1.82, 2.24) is 9.88 Å². The Bertz CT molecular complexity index is 732. The van der Waals surface area contributed by atoms with Gasteiger partial charge in [-0.2, -0.15) is 0 Å². The summed E-state index contributed by atoms with van der Waals surface area (Å²) in [6.07, 6.45) is 0. The number of para-hydroxylation sites is 1. The quantitative estimate of drug-likeness (QED) is 0.936. The fraction of sp³-hybridized carbons (Fsp3) is 0.353. The Labute approximate surface area is 140 Å². The number of hydrogen-bond donors (Lipinski definition) is 1. The van der Waals surface area contributed by atoms with Gasteiger partial charge in [-0.3, -0.25) is 9.59 Å². The molecule has 23 heavy (non-hydrogen) atoms. The normalized spacial score (nSPS) is 10.5. The highest BCUT2D eigenvalue weighted by atomic mass is 32.1. The van der Waals surface area contributed by atoms with Gasteiger partial charge < -0.3 is 10.2 Å². The molecule has 1 aromatic carbocycles. The first-order chi connectivity index (χ1) is 10.8. The van der Waals surface area contributed by atoms with Crippen LogP contribution in [0.3, 0.4) is 0 Å². The number of carbonyl (C=O) groups excluding carboxylic acids is 2. The molecule has 0 saturated carbocycles. The van der Waals surface area contributed by atoms with E-state index in [0.29, 0.717) is 10.6 Å². The van der Waals surface area contributed by atoms with E-state index in [0.717, 1.165) is 21.8 Å². The highest BCUT2D eigenvalue weighted by Crippen LogP contribution is 2.20. The highest BCUT2D eigenvalue weighted by molar-refractivity contribution is 7.13. The van der Waals surface area contributed by atoms with E-state index in [-0.39, 0.29) is 18.4 Å². The molecular weight excluding hydrogens is 310 g/mol. The minimum absolute atomic E-state index is 0.00297. The predicted molar refractivity (Wildman–Crippen MR) is 93.1 cm³/mol. The average Bonchev–Trinajstić information content (AvgIpc) is 2.81. The Morgan fingerprint density at radius 3 is 2.30 bits per heavy atom. The number of aromatic nitrogens is 1. The Morgan fingerprint density at radius 1 is 1.17 bits per heavy atom. The first kappa shape index (κ1) is 17.1. The van der Waals surface area contributed by atoms with E-state index >= 15 is 0 Å². The summed E-state index contributed by atoms with van der Waals surface area (Å²) in [5.41, 5.74) is 3.52. The second-order valence-corrected chi connectivity index (χ2v) is 6.83. The molecule has 0 aliphatic heterocycles. The summed E-state index contributed by atoms with van der Waals surface area (Å²) < 4.78 is 0. The summed E-state index contributed by atoms with van der Waals surface area (Å²) in [6.45, 7) is 7.56. The zero-order valence-electron chi connectivity index (χ0n) is 14.1. The molecule has 0 unspecified atom stereocenters. The number of rotatable bonds is 4. The molecule has 0 fully saturated rings. The van der Waals surface area contributed by atoms with E-state index in [1.807, 2.05) is 39.0 Å². The molecule has 0 bridgehead atoms. The third-order valence-electron chi connectivity index (χ3n) is 3.57. The molecule has 1 N–H and O–H groups in total. The van der Waals surface area contributed by atoms with Crippen LogP contribution in [-0.2, 0) is 4.79 Å². The van der Waals surface area contributed by atoms with Crippen molar-refractivity contribution in [1.29, 1.82) is 0 Å². The van der Waals surface area contributed by atoms with Gasteiger partial charge in [0.15, 0.2) is 0 Å². The van der Waals surface area contributed by atoms with Gasteiger partial charge in [0.2, 0.25) is 5.91 Å². The molecule has 1 aromatic heterocycles. The van der Waals surface area contributed by atoms with Crippen LogP contribution in [0.2, 0.25) is 0 Å². The molecule has 2 amide bonds. The molecule has 122 valence electrons. The van der Waals surface area contributed by atoms with Crippen LogP contribution in [-0.4, -0.2) is 35.3 Å². The van der Waals surface area contributed by atoms with Crippen LogP contribution >= 0.6 is 11.3 Å². The summed E-state index contributed by atoms with van der Waals surface area (Å²) in [5, 5.41) is 3.74. The van der Waals surface area contributed by atoms with Gasteiger partial charge in [0, 0.05) is 12.7 Å². The summed E-state index contributed by atoms with van der Waals surface area (Å²) >= 11 is 1.35. The largest absolute Gasteiger partial charge is 0.332 e. The van der Waals surface area contributed by atoms with Gasteiger partial charge in [-0.05, 0) is 38.8 Å². The Hall–Kier alpha value is -2.21. The third kappa shape index (κ3) is 3.96. The molecule has 2 rings (SSSR count). The lowest BCUT2D eigenvalue weighted by Crippen LogP contribution is -2.35. The van der Waals surface area contributed by atoms with E-state index < -0.39 is 0 Å². The highest BCUT2D eigenvalue weighted by Gasteiger charge is 2.20. The number of amides is 2. The maximum atomic E-state index is 12.4. The smallest absolute Gasteiger partial charge is 0.266 e. The Balaban J connectivity index is 2.05. The number of aryl methyl sites for hydroxylation is 4. The van der Waals surface area contributed by atoms with E-state index in [4.69, 9.17) is 0 Å². The Morgan fingerprint density at radius 2 is 1.78 bits per heavy atom. The van der Waals surface area contributed by atoms with E-state index in [1.165, 1.54) is 16.2 Å². The van der Waals surface area contributed by atoms with Gasteiger partial charge in [0.05, 0.1) is 17.2 Å². The van der Waals surface area contributed by atoms with Crippen LogP contribution in [0.4, 0.5) is 5.69 Å². The summed E-state index contributed by atoms with van der Waals surface area (Å²) in [6, 6.07) is 5.84. The van der Waals surface area contributed by atoms with Gasteiger partial charge in [-0.1, -0.05) is 18.2 Å². The van der Waals surface area contributed by atoms with Gasteiger partial charge in [0.25, 0.3) is 5.91 Å². The fourth-order valence-corrected chi connectivity index (χ4v) is 3.30. The molecule has 5 nitrogen and oxygen atoms in total. The number of thiazole rings is 1. The standard InChI is InChI=1S/C17H21N3O2S/c1-10-7-6-8-11(2)15(10)19-14(21)9-20(5)17(22)16-12(3)18-13(4)23-16/h6-8H,9H2,1-5H3,(H,19,21). The molecule has 0 spiro atoms. The Kier molecular flexibility index (Phi) is 5.15. The average molecular weight is 331 g/mol. The lowest BCUT2D eigenvalue weighted by atomic mass is 10.1. The van der Waals surface area contributed by atoms with Crippen molar-refractivity contribution in [2.75, 3.05) is 18.9 Å². The lowest BCUT2D eigenvalue weighted by Gasteiger charge is -2.17. The molecular formula is C17H21N3O2S. The van der Waals surface area contributed by atoms with E-state index in [2.05, 4.69) is 10.3 Å². The molecule has 0 saturated heterocycles. The summed E-state index contributed by atoms with van der Waals surface area (Å²) in [5.74, 6) is -0.387. The third-order valence-corrected chi connectivity index (χ3v) is 4.63. The second-order valence-electron chi connectivity index (χ2n) is 5.62. The first-order valence-corrected chi connectivity index (χ1v) is 8.16. The number of hydrogen-bond acceptors (Lipinski definition) is 4. The van der Waals surface area contributed by atoms with Crippen LogP contribution in [0.25, 0.3) is 0 Å². The number of benzene rings is 1. The van der Waals surface area contributed by atoms with Crippen molar-refractivity contribution >= 4 is 28.8 Å². The number of carbonyl (C=O) groups is 2.